The number of pyridine rings is 1. The van der Waals surface area contributed by atoms with Crippen LogP contribution < -0.4 is 5.73 Å². The number of benzene rings is 1. The SMILES string of the molecule is CN(Cc1ccc(Br)cc1)Cc1ccnc(C(N)=S)c1. The molecule has 1 aromatic heterocycles. The number of rotatable bonds is 5. The van der Waals surface area contributed by atoms with Crippen LogP contribution in [0.2, 0.25) is 0 Å². The maximum absolute atomic E-state index is 5.60. The van der Waals surface area contributed by atoms with Crippen molar-refractivity contribution in [2.45, 2.75) is 13.1 Å². The van der Waals surface area contributed by atoms with E-state index in [0.717, 1.165) is 23.1 Å². The second-order valence-electron chi connectivity index (χ2n) is 4.71. The molecule has 1 aromatic carbocycles. The highest BCUT2D eigenvalue weighted by atomic mass is 79.9. The molecule has 104 valence electrons. The summed E-state index contributed by atoms with van der Waals surface area (Å²) in [5.74, 6) is 0. The van der Waals surface area contributed by atoms with Crippen molar-refractivity contribution in [3.05, 3.63) is 63.9 Å². The Labute approximate surface area is 132 Å². The molecule has 0 aliphatic heterocycles. The zero-order chi connectivity index (χ0) is 14.5. The van der Waals surface area contributed by atoms with Crippen molar-refractivity contribution < 1.29 is 0 Å². The molecule has 20 heavy (non-hydrogen) atoms. The Balaban J connectivity index is 2.00. The summed E-state index contributed by atoms with van der Waals surface area (Å²) >= 11 is 8.39. The molecule has 0 bridgehead atoms. The fourth-order valence-corrected chi connectivity index (χ4v) is 2.35. The Bertz CT molecular complexity index is 598. The van der Waals surface area contributed by atoms with Gasteiger partial charge in [0, 0.05) is 23.8 Å². The zero-order valence-electron chi connectivity index (χ0n) is 11.2. The van der Waals surface area contributed by atoms with E-state index >= 15 is 0 Å². The second kappa shape index (κ2) is 6.92. The molecule has 2 N–H and O–H groups in total. The van der Waals surface area contributed by atoms with Gasteiger partial charge in [0.15, 0.2) is 0 Å². The first-order valence-electron chi connectivity index (χ1n) is 6.22. The smallest absolute Gasteiger partial charge is 0.122 e. The van der Waals surface area contributed by atoms with Gasteiger partial charge in [-0.15, -0.1) is 0 Å². The minimum Gasteiger partial charge on any atom is -0.388 e. The summed E-state index contributed by atoms with van der Waals surface area (Å²) in [7, 11) is 2.09. The van der Waals surface area contributed by atoms with Crippen LogP contribution in [0.4, 0.5) is 0 Å². The van der Waals surface area contributed by atoms with Crippen LogP contribution in [0.5, 0.6) is 0 Å². The summed E-state index contributed by atoms with van der Waals surface area (Å²) in [6.07, 6.45) is 1.75. The van der Waals surface area contributed by atoms with Gasteiger partial charge in [0.1, 0.15) is 4.99 Å². The highest BCUT2D eigenvalue weighted by Gasteiger charge is 2.04. The van der Waals surface area contributed by atoms with E-state index in [1.807, 2.05) is 12.1 Å². The minimum absolute atomic E-state index is 0.336. The molecule has 0 saturated heterocycles. The molecule has 0 atom stereocenters. The topological polar surface area (TPSA) is 42.2 Å². The molecule has 2 aromatic rings. The molecule has 0 unspecified atom stereocenters. The van der Waals surface area contributed by atoms with Crippen molar-refractivity contribution in [2.75, 3.05) is 7.05 Å². The summed E-state index contributed by atoms with van der Waals surface area (Å²) < 4.78 is 1.10. The first kappa shape index (κ1) is 15.1. The number of nitrogens with two attached hydrogens (primary N) is 1. The van der Waals surface area contributed by atoms with E-state index in [9.17, 15) is 0 Å². The van der Waals surface area contributed by atoms with Gasteiger partial charge in [0.2, 0.25) is 0 Å². The van der Waals surface area contributed by atoms with E-state index < -0.39 is 0 Å². The number of aromatic nitrogens is 1. The highest BCUT2D eigenvalue weighted by Crippen LogP contribution is 2.13. The van der Waals surface area contributed by atoms with Gasteiger partial charge in [-0.3, -0.25) is 9.88 Å². The average molecular weight is 350 g/mol. The molecule has 2 rings (SSSR count). The van der Waals surface area contributed by atoms with Crippen molar-refractivity contribution >= 4 is 33.1 Å². The lowest BCUT2D eigenvalue weighted by atomic mass is 10.2. The molecule has 3 nitrogen and oxygen atoms in total. The van der Waals surface area contributed by atoms with E-state index in [1.165, 1.54) is 5.56 Å². The third kappa shape index (κ3) is 4.37. The fourth-order valence-electron chi connectivity index (χ4n) is 1.98. The third-order valence-electron chi connectivity index (χ3n) is 2.90. The first-order chi connectivity index (χ1) is 9.54. The standard InChI is InChI=1S/C15H16BrN3S/c1-19(9-11-2-4-13(16)5-3-11)10-12-6-7-18-14(8-12)15(17)20/h2-8H,9-10H2,1H3,(H2,17,20). The molecule has 0 aliphatic rings. The van der Waals surface area contributed by atoms with Gasteiger partial charge >= 0.3 is 0 Å². The van der Waals surface area contributed by atoms with E-state index in [1.54, 1.807) is 6.20 Å². The summed E-state index contributed by atoms with van der Waals surface area (Å²) in [4.78, 5) is 6.72. The summed E-state index contributed by atoms with van der Waals surface area (Å²) in [5.41, 5.74) is 8.71. The Morgan fingerprint density at radius 1 is 1.20 bits per heavy atom. The third-order valence-corrected chi connectivity index (χ3v) is 3.63. The molecule has 0 fully saturated rings. The Morgan fingerprint density at radius 2 is 1.85 bits per heavy atom. The summed E-state index contributed by atoms with van der Waals surface area (Å²) in [6, 6.07) is 12.3. The fraction of sp³-hybridized carbons (Fsp3) is 0.200. The lowest BCUT2D eigenvalue weighted by molar-refractivity contribution is 0.319. The molecule has 5 heteroatoms. The number of hydrogen-bond donors (Lipinski definition) is 1. The van der Waals surface area contributed by atoms with Crippen molar-refractivity contribution in [3.63, 3.8) is 0 Å². The minimum atomic E-state index is 0.336. The van der Waals surface area contributed by atoms with Gasteiger partial charge in [-0.1, -0.05) is 40.3 Å². The summed E-state index contributed by atoms with van der Waals surface area (Å²) in [6.45, 7) is 1.71. The van der Waals surface area contributed by atoms with Gasteiger partial charge in [-0.25, -0.2) is 0 Å². The van der Waals surface area contributed by atoms with Crippen LogP contribution in [0.15, 0.2) is 47.1 Å². The molecular formula is C15H16BrN3S. The molecule has 0 aliphatic carbocycles. The molecular weight excluding hydrogens is 334 g/mol. The molecule has 1 heterocycles. The van der Waals surface area contributed by atoms with Crippen LogP contribution in [-0.4, -0.2) is 21.9 Å². The lowest BCUT2D eigenvalue weighted by Crippen LogP contribution is -2.18. The second-order valence-corrected chi connectivity index (χ2v) is 6.07. The van der Waals surface area contributed by atoms with E-state index in [4.69, 9.17) is 18.0 Å². The quantitative estimate of drug-likeness (QED) is 0.842. The van der Waals surface area contributed by atoms with Crippen molar-refractivity contribution in [1.82, 2.24) is 9.88 Å². The predicted molar refractivity (Wildman–Crippen MR) is 89.4 cm³/mol. The molecule has 0 amide bonds. The normalized spacial score (nSPS) is 10.8. The van der Waals surface area contributed by atoms with Crippen LogP contribution in [0.3, 0.4) is 0 Å². The van der Waals surface area contributed by atoms with Gasteiger partial charge < -0.3 is 5.73 Å². The zero-order valence-corrected chi connectivity index (χ0v) is 13.6. The number of halogens is 1. The van der Waals surface area contributed by atoms with Gasteiger partial charge in [0.25, 0.3) is 0 Å². The first-order valence-corrected chi connectivity index (χ1v) is 7.42. The van der Waals surface area contributed by atoms with E-state index in [-0.39, 0.29) is 0 Å². The van der Waals surface area contributed by atoms with Crippen molar-refractivity contribution in [1.29, 1.82) is 0 Å². The predicted octanol–water partition coefficient (Wildman–Crippen LogP) is 3.11. The highest BCUT2D eigenvalue weighted by molar-refractivity contribution is 9.10. The Hall–Kier alpha value is -1.30. The molecule has 0 saturated carbocycles. The molecule has 0 spiro atoms. The van der Waals surface area contributed by atoms with E-state index in [2.05, 4.69) is 57.1 Å². The average Bonchev–Trinajstić information content (AvgIpc) is 2.41. The van der Waals surface area contributed by atoms with Crippen molar-refractivity contribution in [2.24, 2.45) is 5.73 Å². The van der Waals surface area contributed by atoms with Crippen LogP contribution in [0, 0.1) is 0 Å². The Morgan fingerprint density at radius 3 is 2.50 bits per heavy atom. The monoisotopic (exact) mass is 349 g/mol. The van der Waals surface area contributed by atoms with Crippen LogP contribution in [0.25, 0.3) is 0 Å². The van der Waals surface area contributed by atoms with Gasteiger partial charge in [-0.05, 0) is 42.4 Å². The lowest BCUT2D eigenvalue weighted by Gasteiger charge is -2.17. The maximum atomic E-state index is 5.60. The van der Waals surface area contributed by atoms with E-state index in [0.29, 0.717) is 10.7 Å². The van der Waals surface area contributed by atoms with Gasteiger partial charge in [-0.2, -0.15) is 0 Å². The van der Waals surface area contributed by atoms with Crippen LogP contribution >= 0.6 is 28.1 Å². The maximum Gasteiger partial charge on any atom is 0.122 e. The largest absolute Gasteiger partial charge is 0.388 e. The molecule has 0 radical (unpaired) electrons. The van der Waals surface area contributed by atoms with Gasteiger partial charge in [0.05, 0.1) is 5.69 Å². The number of thiocarbonyl (C=S) groups is 1. The summed E-state index contributed by atoms with van der Waals surface area (Å²) in [5, 5.41) is 0. The van der Waals surface area contributed by atoms with Crippen LogP contribution in [0.1, 0.15) is 16.8 Å². The van der Waals surface area contributed by atoms with Crippen LogP contribution in [-0.2, 0) is 13.1 Å². The number of hydrogen-bond acceptors (Lipinski definition) is 3. The Kier molecular flexibility index (Phi) is 5.23. The van der Waals surface area contributed by atoms with Crippen molar-refractivity contribution in [3.8, 4) is 0 Å². The number of nitrogens with zero attached hydrogens (tertiary/aromatic N) is 2.